The molecule has 3 saturated heterocycles. The number of benzene rings is 2. The summed E-state index contributed by atoms with van der Waals surface area (Å²) in [5, 5.41) is 160. The fourth-order valence-corrected chi connectivity index (χ4v) is 14.5. The van der Waals surface area contributed by atoms with Gasteiger partial charge in [0.1, 0.15) is 67.2 Å². The molecule has 0 aliphatic carbocycles. The topological polar surface area (TPSA) is 523 Å². The average molecular weight is 1500 g/mol. The molecule has 0 radical (unpaired) electrons. The van der Waals surface area contributed by atoms with Gasteiger partial charge in [0.2, 0.25) is 29.3 Å². The monoisotopic (exact) mass is 1500 g/mol. The lowest BCUT2D eigenvalue weighted by atomic mass is 9.81. The van der Waals surface area contributed by atoms with Gasteiger partial charge < -0.3 is 121 Å². The highest BCUT2D eigenvalue weighted by atomic mass is 16.7. The van der Waals surface area contributed by atoms with Gasteiger partial charge in [-0.15, -0.1) is 5.10 Å². The van der Waals surface area contributed by atoms with Gasteiger partial charge in [-0.05, 0) is 50.8 Å². The van der Waals surface area contributed by atoms with Crippen molar-refractivity contribution in [1.29, 1.82) is 0 Å². The number of fused-ring (bicyclic) bond motifs is 2. The van der Waals surface area contributed by atoms with Crippen molar-refractivity contribution in [2.45, 2.75) is 246 Å². The molecule has 0 unspecified atom stereocenters. The van der Waals surface area contributed by atoms with Crippen molar-refractivity contribution in [3.63, 3.8) is 0 Å². The summed E-state index contributed by atoms with van der Waals surface area (Å²) in [5.74, 6) is -17.7. The smallest absolute Gasteiger partial charge is 0.364 e. The van der Waals surface area contributed by atoms with E-state index in [4.69, 9.17) is 28.4 Å². The molecule has 1 aromatic heterocycles. The highest BCUT2D eigenvalue weighted by Gasteiger charge is 2.60. The minimum absolute atomic E-state index is 0.0278. The number of nitrogens with one attached hydrogen (secondary N) is 4. The number of aromatic nitrogens is 3. The Bertz CT molecular complexity index is 3700. The van der Waals surface area contributed by atoms with Gasteiger partial charge in [-0.2, -0.15) is 4.58 Å². The van der Waals surface area contributed by atoms with Gasteiger partial charge in [0.05, 0.1) is 81.0 Å². The van der Waals surface area contributed by atoms with Crippen LogP contribution in [0, 0.1) is 0 Å². The molecule has 3 aromatic rings. The van der Waals surface area contributed by atoms with E-state index in [9.17, 15) is 99.9 Å². The van der Waals surface area contributed by atoms with E-state index in [1.807, 2.05) is 0 Å². The zero-order chi connectivity index (χ0) is 78.0. The van der Waals surface area contributed by atoms with E-state index in [1.165, 1.54) is 32.9 Å². The molecular formula is C71H102N9O26+. The molecule has 8 rings (SSSR count). The summed E-state index contributed by atoms with van der Waals surface area (Å²) < 4.78 is 37.7. The Kier molecular flexibility index (Phi) is 28.1. The Morgan fingerprint density at radius 1 is 0.632 bits per heavy atom. The molecule has 35 nitrogen and oxygen atoms in total. The number of allylic oxidation sites excluding steroid dienone is 4. The number of rotatable bonds is 36. The van der Waals surface area contributed by atoms with Crippen LogP contribution in [0.4, 0.5) is 11.4 Å². The Balaban J connectivity index is 0.843. The first-order valence-electron chi connectivity index (χ1n) is 35.3. The van der Waals surface area contributed by atoms with Crippen LogP contribution in [0.1, 0.15) is 130 Å². The average Bonchev–Trinajstić information content (AvgIpc) is 1.67. The predicted molar refractivity (Wildman–Crippen MR) is 370 cm³/mol. The lowest BCUT2D eigenvalue weighted by molar-refractivity contribution is -0.437. The molecule has 0 bridgehead atoms. The van der Waals surface area contributed by atoms with E-state index in [1.54, 1.807) is 6.20 Å². The summed E-state index contributed by atoms with van der Waals surface area (Å²) >= 11 is 0. The number of carbonyl (C=O) groups is 7. The number of carboxylic acids is 3. The Morgan fingerprint density at radius 3 is 1.60 bits per heavy atom. The number of hydrogen-bond donors (Lipinski definition) is 17. The number of nitrogens with zero attached hydrogens (tertiary/aromatic N) is 5. The van der Waals surface area contributed by atoms with E-state index in [0.29, 0.717) is 12.1 Å². The van der Waals surface area contributed by atoms with Gasteiger partial charge in [-0.3, -0.25) is 23.9 Å². The molecule has 106 heavy (non-hydrogen) atoms. The van der Waals surface area contributed by atoms with E-state index in [-0.39, 0.29) is 42.7 Å². The number of ether oxygens (including phenoxy) is 6. The van der Waals surface area contributed by atoms with E-state index in [0.717, 1.165) is 58.8 Å². The van der Waals surface area contributed by atoms with Crippen LogP contribution in [0.3, 0.4) is 0 Å². The van der Waals surface area contributed by atoms with Crippen LogP contribution in [-0.2, 0) is 85.9 Å². The number of amides is 4. The summed E-state index contributed by atoms with van der Waals surface area (Å²) in [6, 6.07) is 11.9. The molecule has 5 aliphatic rings. The van der Waals surface area contributed by atoms with Crippen molar-refractivity contribution in [3.05, 3.63) is 95.5 Å². The van der Waals surface area contributed by atoms with Crippen molar-refractivity contribution in [2.75, 3.05) is 44.4 Å². The molecule has 0 saturated carbocycles. The standard InChI is InChI=1S/C71H101N9O26/c1-9-26-79-44-21-14-12-19-42(44)67(5,6)52(79)23-17-24-53-68(7,8)43-20-13-15-22-45(43)80(53)28-16-10-11-25-54(91)72-33-41-34-78(77-76-41)27-18-29-101-69(64(95)96)30-46(85)56(74-39(3)83)62(104-69)59(93)50(89)36-103-71(66(99)100)32-48(87)57(75-40(4)84)63(106-71)60(94)51(90)37-102-70(65(97)98)31-47(86)55(73-38(2)82)61(105-70)58(92)49(88)35-81/h12-15,17,19-24,34,46-51,55-63,81,85-90,92-94H,9-11,16,18,25-33,35-37H2,1-8H3,(H6-,72,73,74,75,82,83,84,91,95,96,97,98,99,100)/p+1/t46-,47-,48-,49+,50+,51+,55+,56+,57+,58+,59+,60+,61+,62+,63+,69+,70+,71+/m0/s1. The fourth-order valence-electron chi connectivity index (χ4n) is 14.5. The van der Waals surface area contributed by atoms with Crippen LogP contribution in [0.25, 0.3) is 0 Å². The Labute approximate surface area is 611 Å². The number of aliphatic hydroxyl groups is 10. The number of unbranched alkanes of at least 4 members (excludes halogenated alkanes) is 2. The number of para-hydroxylation sites is 2. The second-order valence-electron chi connectivity index (χ2n) is 28.5. The van der Waals surface area contributed by atoms with Gasteiger partial charge in [0, 0.05) is 100 Å². The van der Waals surface area contributed by atoms with Gasteiger partial charge in [-0.25, -0.2) is 14.4 Å². The van der Waals surface area contributed by atoms with Crippen molar-refractivity contribution < 1.29 is 133 Å². The molecule has 17 N–H and O–H groups in total. The number of hydrogen-bond acceptors (Lipinski definition) is 26. The molecule has 5 aliphatic heterocycles. The fraction of sp³-hybridized carbons (Fsp3) is 0.634. The normalized spacial score (nSPS) is 28.9. The second-order valence-corrected chi connectivity index (χ2v) is 28.5. The van der Waals surface area contributed by atoms with Crippen molar-refractivity contribution >= 4 is 58.6 Å². The van der Waals surface area contributed by atoms with E-state index in [2.05, 4.69) is 142 Å². The largest absolute Gasteiger partial charge is 0.477 e. The quantitative estimate of drug-likeness (QED) is 0.0223. The van der Waals surface area contributed by atoms with Crippen LogP contribution < -0.4 is 26.2 Å². The number of carbonyl (C=O) groups excluding carboxylic acids is 4. The predicted octanol–water partition coefficient (Wildman–Crippen LogP) is -1.92. The molecule has 2 aromatic carbocycles. The lowest BCUT2D eigenvalue weighted by Gasteiger charge is -2.48. The summed E-state index contributed by atoms with van der Waals surface area (Å²) in [6.45, 7) is 11.8. The molecule has 6 heterocycles. The van der Waals surface area contributed by atoms with Gasteiger partial charge in [0.15, 0.2) is 5.71 Å². The number of aliphatic hydroxyl groups excluding tert-OH is 10. The first-order chi connectivity index (χ1) is 50.0. The lowest BCUT2D eigenvalue weighted by Crippen LogP contribution is -2.69. The summed E-state index contributed by atoms with van der Waals surface area (Å²) in [4.78, 5) is 91.5. The van der Waals surface area contributed by atoms with Crippen molar-refractivity contribution in [1.82, 2.24) is 36.3 Å². The molecule has 586 valence electrons. The van der Waals surface area contributed by atoms with Gasteiger partial charge in [0.25, 0.3) is 17.4 Å². The SMILES string of the molecule is CCC[N+]1=C(C=CC=C2N(CCCCCC(=O)NCc3cn(CCCO[C@]4(C(=O)O)C[C@H](O)[C@@H](NC(C)=O)[C@H]([C@H](O)[C@H](O)CO[C@]5(C(=O)O)C[C@H](O)[C@@H](NC(C)=O)[C@H]([C@H](O)[C@H](O)CO[C@]6(C(=O)O)C[C@H](O)[C@@H](NC(C)=O)[C@H]([C@H](O)[C@H](O)CO)O6)O5)O4)nn3)c3ccccc3C2(C)C)C(C)(C)c2ccccc21. The summed E-state index contributed by atoms with van der Waals surface area (Å²) in [7, 11) is 0. The third-order valence-corrected chi connectivity index (χ3v) is 19.9. The highest BCUT2D eigenvalue weighted by molar-refractivity contribution is 6.03. The number of aryl methyl sites for hydroxylation is 1. The number of anilines is 1. The first kappa shape index (κ1) is 83.8. The second kappa shape index (κ2) is 35.5. The highest BCUT2D eigenvalue weighted by Crippen LogP contribution is 2.48. The molecule has 4 amide bonds. The van der Waals surface area contributed by atoms with Crippen LogP contribution in [0.15, 0.2) is 78.7 Å². The van der Waals surface area contributed by atoms with Gasteiger partial charge >= 0.3 is 17.9 Å². The molecule has 35 heteroatoms. The third kappa shape index (κ3) is 18.8. The molecule has 0 spiro atoms. The minimum atomic E-state index is -3.20. The van der Waals surface area contributed by atoms with Crippen LogP contribution in [-0.4, -0.2) is 281 Å². The summed E-state index contributed by atoms with van der Waals surface area (Å²) in [5.41, 5.74) is 7.41. The Morgan fingerprint density at radius 2 is 1.11 bits per heavy atom. The zero-order valence-electron chi connectivity index (χ0n) is 60.5. The maximum absolute atomic E-state index is 13.2. The molecule has 18 atom stereocenters. The maximum Gasteiger partial charge on any atom is 0.364 e. The third-order valence-electron chi connectivity index (χ3n) is 19.9. The van der Waals surface area contributed by atoms with E-state index >= 15 is 0 Å². The molecular weight excluding hydrogens is 1390 g/mol. The summed E-state index contributed by atoms with van der Waals surface area (Å²) in [6.07, 6.45) is -17.6. The zero-order valence-corrected chi connectivity index (χ0v) is 60.5. The van der Waals surface area contributed by atoms with Crippen molar-refractivity contribution in [2.24, 2.45) is 0 Å². The van der Waals surface area contributed by atoms with E-state index < -0.39 is 190 Å². The van der Waals surface area contributed by atoms with Gasteiger partial charge in [-0.1, -0.05) is 74.9 Å². The minimum Gasteiger partial charge on any atom is -0.477 e. The maximum atomic E-state index is 13.2. The number of aliphatic carboxylic acids is 3. The number of carboxylic acid groups (broad SMARTS) is 3. The Hall–Kier alpha value is -7.82. The molecule has 3 fully saturated rings. The van der Waals surface area contributed by atoms with Crippen molar-refractivity contribution in [3.8, 4) is 0 Å². The first-order valence-corrected chi connectivity index (χ1v) is 35.3. The van der Waals surface area contributed by atoms with Crippen LogP contribution in [0.2, 0.25) is 0 Å². The van der Waals surface area contributed by atoms with Crippen LogP contribution >= 0.6 is 0 Å². The van der Waals surface area contributed by atoms with Crippen LogP contribution in [0.5, 0.6) is 0 Å².